The van der Waals surface area contributed by atoms with E-state index in [9.17, 15) is 8.78 Å². The molecule has 0 radical (unpaired) electrons. The molecule has 0 saturated carbocycles. The number of nitrogens with zero attached hydrogens (tertiary/aromatic N) is 1. The Hall–Kier alpha value is -1.20. The van der Waals surface area contributed by atoms with Crippen LogP contribution in [0.1, 0.15) is 18.0 Å². The van der Waals surface area contributed by atoms with Crippen LogP contribution in [0.5, 0.6) is 5.75 Å². The molecule has 0 amide bonds. The zero-order valence-electron chi connectivity index (χ0n) is 11.1. The lowest BCUT2D eigenvalue weighted by Gasteiger charge is -2.35. The smallest absolute Gasteiger partial charge is 0.240 e. The van der Waals surface area contributed by atoms with Gasteiger partial charge in [-0.25, -0.2) is 8.78 Å². The molecule has 19 heavy (non-hydrogen) atoms. The predicted molar refractivity (Wildman–Crippen MR) is 70.8 cm³/mol. The lowest BCUT2D eigenvalue weighted by molar-refractivity contribution is 0.0738. The van der Waals surface area contributed by atoms with E-state index >= 15 is 0 Å². The van der Waals surface area contributed by atoms with Gasteiger partial charge < -0.3 is 10.1 Å². The Morgan fingerprint density at radius 1 is 1.32 bits per heavy atom. The van der Waals surface area contributed by atoms with Gasteiger partial charge in [-0.15, -0.1) is 0 Å². The summed E-state index contributed by atoms with van der Waals surface area (Å²) >= 11 is 0. The maximum Gasteiger partial charge on any atom is 0.240 e. The second-order valence-corrected chi connectivity index (χ2v) is 4.71. The van der Waals surface area contributed by atoms with Gasteiger partial charge in [0.25, 0.3) is 0 Å². The van der Waals surface area contributed by atoms with Crippen molar-refractivity contribution in [2.45, 2.75) is 18.9 Å². The molecule has 1 aliphatic heterocycles. The average molecular weight is 270 g/mol. The van der Waals surface area contributed by atoms with Gasteiger partial charge in [-0.2, -0.15) is 0 Å². The fourth-order valence-corrected chi connectivity index (χ4v) is 2.51. The highest BCUT2D eigenvalue weighted by molar-refractivity contribution is 5.30. The summed E-state index contributed by atoms with van der Waals surface area (Å²) in [7, 11) is 1.59. The largest absolute Gasteiger partial charge is 0.497 e. The summed E-state index contributed by atoms with van der Waals surface area (Å²) in [5.74, 6) is 0.715. The third-order valence-corrected chi connectivity index (χ3v) is 3.47. The molecule has 1 aromatic rings. The Morgan fingerprint density at radius 2 is 2.05 bits per heavy atom. The fourth-order valence-electron chi connectivity index (χ4n) is 2.51. The fraction of sp³-hybridized carbons (Fsp3) is 0.571. The second-order valence-electron chi connectivity index (χ2n) is 4.71. The molecular weight excluding hydrogens is 250 g/mol. The van der Waals surface area contributed by atoms with Crippen molar-refractivity contribution in [3.63, 3.8) is 0 Å². The molecule has 1 heterocycles. The minimum Gasteiger partial charge on any atom is -0.497 e. The van der Waals surface area contributed by atoms with Crippen LogP contribution in [-0.4, -0.2) is 44.6 Å². The number of nitrogens with one attached hydrogen (secondary N) is 1. The first-order valence-electron chi connectivity index (χ1n) is 6.57. The summed E-state index contributed by atoms with van der Waals surface area (Å²) in [6, 6.07) is 7.21. The molecule has 0 aliphatic carbocycles. The predicted octanol–water partition coefficient (Wildman–Crippen LogP) is 2.30. The molecule has 1 aromatic carbocycles. The van der Waals surface area contributed by atoms with Crippen LogP contribution in [0.3, 0.4) is 0 Å². The van der Waals surface area contributed by atoms with Crippen molar-refractivity contribution in [3.05, 3.63) is 29.8 Å². The maximum absolute atomic E-state index is 12.8. The van der Waals surface area contributed by atoms with Crippen molar-refractivity contribution in [2.75, 3.05) is 33.3 Å². The monoisotopic (exact) mass is 270 g/mol. The highest BCUT2D eigenvalue weighted by Crippen LogP contribution is 2.29. The van der Waals surface area contributed by atoms with E-state index in [2.05, 4.69) is 10.2 Å². The molecule has 0 aromatic heterocycles. The molecule has 0 unspecified atom stereocenters. The highest BCUT2D eigenvalue weighted by atomic mass is 19.3. The van der Waals surface area contributed by atoms with E-state index in [0.29, 0.717) is 5.75 Å². The van der Waals surface area contributed by atoms with Crippen LogP contribution in [0, 0.1) is 0 Å². The SMILES string of the molecule is COc1cccc([C@H](CC(F)F)N2CCNCC2)c1. The Kier molecular flexibility index (Phi) is 5.10. The van der Waals surface area contributed by atoms with E-state index in [0.717, 1.165) is 31.7 Å². The molecule has 2 rings (SSSR count). The van der Waals surface area contributed by atoms with E-state index < -0.39 is 6.43 Å². The van der Waals surface area contributed by atoms with Crippen LogP contribution in [0.15, 0.2) is 24.3 Å². The van der Waals surface area contributed by atoms with Crippen LogP contribution >= 0.6 is 0 Å². The van der Waals surface area contributed by atoms with Crippen molar-refractivity contribution in [1.82, 2.24) is 10.2 Å². The van der Waals surface area contributed by atoms with Crippen LogP contribution < -0.4 is 10.1 Å². The van der Waals surface area contributed by atoms with Gasteiger partial charge in [-0.3, -0.25) is 4.90 Å². The Balaban J connectivity index is 2.19. The van der Waals surface area contributed by atoms with Crippen molar-refractivity contribution in [1.29, 1.82) is 0 Å². The molecule has 3 nitrogen and oxygen atoms in total. The second kappa shape index (κ2) is 6.82. The maximum atomic E-state index is 12.8. The van der Waals surface area contributed by atoms with E-state index in [1.165, 1.54) is 0 Å². The van der Waals surface area contributed by atoms with Crippen molar-refractivity contribution < 1.29 is 13.5 Å². The Morgan fingerprint density at radius 3 is 2.68 bits per heavy atom. The number of hydrogen-bond acceptors (Lipinski definition) is 3. The molecule has 106 valence electrons. The standard InChI is InChI=1S/C14H20F2N2O/c1-19-12-4-2-3-11(9-12)13(10-14(15)16)18-7-5-17-6-8-18/h2-4,9,13-14,17H,5-8,10H2,1H3/t13-/m0/s1. The van der Waals surface area contributed by atoms with Crippen molar-refractivity contribution >= 4 is 0 Å². The number of methoxy groups -OCH3 is 1. The summed E-state index contributed by atoms with van der Waals surface area (Å²) in [4.78, 5) is 2.12. The highest BCUT2D eigenvalue weighted by Gasteiger charge is 2.25. The third-order valence-electron chi connectivity index (χ3n) is 3.47. The molecule has 1 fully saturated rings. The van der Waals surface area contributed by atoms with Gasteiger partial charge in [-0.05, 0) is 17.7 Å². The summed E-state index contributed by atoms with van der Waals surface area (Å²) in [6.45, 7) is 3.30. The van der Waals surface area contributed by atoms with Gasteiger partial charge in [0.05, 0.1) is 7.11 Å². The molecule has 1 atom stereocenters. The van der Waals surface area contributed by atoms with Gasteiger partial charge in [0.2, 0.25) is 6.43 Å². The van der Waals surface area contributed by atoms with Gasteiger partial charge in [-0.1, -0.05) is 12.1 Å². The lowest BCUT2D eigenvalue weighted by atomic mass is 10.0. The van der Waals surface area contributed by atoms with Crippen LogP contribution in [0.4, 0.5) is 8.78 Å². The van der Waals surface area contributed by atoms with Gasteiger partial charge in [0.15, 0.2) is 0 Å². The zero-order chi connectivity index (χ0) is 13.7. The molecule has 0 bridgehead atoms. The van der Waals surface area contributed by atoms with Gasteiger partial charge in [0.1, 0.15) is 5.75 Å². The lowest BCUT2D eigenvalue weighted by Crippen LogP contribution is -2.45. The zero-order valence-corrected chi connectivity index (χ0v) is 11.1. The molecule has 1 N–H and O–H groups in total. The van der Waals surface area contributed by atoms with Crippen molar-refractivity contribution in [3.8, 4) is 5.75 Å². The summed E-state index contributed by atoms with van der Waals surface area (Å²) in [6.07, 6.45) is -2.43. The number of ether oxygens (including phenoxy) is 1. The first-order chi connectivity index (χ1) is 9.20. The van der Waals surface area contributed by atoms with E-state index in [1.54, 1.807) is 7.11 Å². The number of rotatable bonds is 5. The number of piperazine rings is 1. The van der Waals surface area contributed by atoms with E-state index in [4.69, 9.17) is 4.74 Å². The number of alkyl halides is 2. The van der Waals surface area contributed by atoms with E-state index in [1.807, 2.05) is 24.3 Å². The number of benzene rings is 1. The first-order valence-corrected chi connectivity index (χ1v) is 6.57. The minimum absolute atomic E-state index is 0.132. The van der Waals surface area contributed by atoms with Gasteiger partial charge >= 0.3 is 0 Å². The number of hydrogen-bond donors (Lipinski definition) is 1. The molecule has 1 aliphatic rings. The molecule has 5 heteroatoms. The summed E-state index contributed by atoms with van der Waals surface area (Å²) in [5, 5.41) is 3.24. The molecular formula is C14H20F2N2O. The van der Waals surface area contributed by atoms with Crippen LogP contribution in [0.25, 0.3) is 0 Å². The Bertz CT molecular complexity index is 395. The molecule has 0 spiro atoms. The normalized spacial score (nSPS) is 18.5. The number of halogens is 2. The van der Waals surface area contributed by atoms with Crippen molar-refractivity contribution in [2.24, 2.45) is 0 Å². The summed E-state index contributed by atoms with van der Waals surface area (Å²) < 4.78 is 30.8. The van der Waals surface area contributed by atoms with E-state index in [-0.39, 0.29) is 12.5 Å². The van der Waals surface area contributed by atoms with Gasteiger partial charge in [0, 0.05) is 38.6 Å². The molecule has 1 saturated heterocycles. The van der Waals surface area contributed by atoms with Crippen LogP contribution in [-0.2, 0) is 0 Å². The van der Waals surface area contributed by atoms with Crippen LogP contribution in [0.2, 0.25) is 0 Å². The summed E-state index contributed by atoms with van der Waals surface area (Å²) in [5.41, 5.74) is 0.904. The average Bonchev–Trinajstić information content (AvgIpc) is 2.45. The Labute approximate surface area is 112 Å². The third kappa shape index (κ3) is 3.88. The quantitative estimate of drug-likeness (QED) is 0.888. The minimum atomic E-state index is -2.30. The topological polar surface area (TPSA) is 24.5 Å². The first kappa shape index (κ1) is 14.2.